The molecule has 0 bridgehead atoms. The van der Waals surface area contributed by atoms with Gasteiger partial charge in [0.05, 0.1) is 22.4 Å². The van der Waals surface area contributed by atoms with E-state index in [0.717, 1.165) is 41.0 Å². The summed E-state index contributed by atoms with van der Waals surface area (Å²) < 4.78 is 132. The van der Waals surface area contributed by atoms with Gasteiger partial charge in [-0.3, -0.25) is 9.59 Å². The molecule has 0 atom stereocenters. The first-order valence-corrected chi connectivity index (χ1v) is 20.2. The number of nitrogens with zero attached hydrogens (tertiary/aromatic N) is 1. The zero-order valence-corrected chi connectivity index (χ0v) is 34.3. The predicted octanol–water partition coefficient (Wildman–Crippen LogP) is 15.1. The molecule has 0 radical (unpaired) electrons. The highest BCUT2D eigenvalue weighted by molar-refractivity contribution is 6.32. The normalized spacial score (nSPS) is 12.9. The van der Waals surface area contributed by atoms with Gasteiger partial charge in [-0.15, -0.1) is 0 Å². The SMILES string of the molecule is CC(C)c1cccc(C(C)C)c1-n1c(=O)c2cc(-c3ccc(C(F)(F)F)cc3)c3oc4ccc(-c5ccc(C(F)(F)F)cc5)cc4c4c(-c5ccc(C(F)(F)F)cc5)cc(c1=O)c2c34. The Kier molecular flexibility index (Phi) is 9.84. The lowest BCUT2D eigenvalue weighted by molar-refractivity contribution is -0.138. The van der Waals surface area contributed by atoms with Crippen LogP contribution in [0.3, 0.4) is 0 Å². The van der Waals surface area contributed by atoms with E-state index in [1.54, 1.807) is 18.2 Å². The lowest BCUT2D eigenvalue weighted by atomic mass is 9.86. The lowest BCUT2D eigenvalue weighted by Crippen LogP contribution is -2.34. The van der Waals surface area contributed by atoms with E-state index in [1.807, 2.05) is 45.9 Å². The second-order valence-corrected chi connectivity index (χ2v) is 16.5. The molecule has 0 aliphatic heterocycles. The minimum atomic E-state index is -4.69. The monoisotopic (exact) mass is 879 g/mol. The van der Waals surface area contributed by atoms with Crippen LogP contribution in [0.4, 0.5) is 39.5 Å². The number of aromatic nitrogens is 1. The van der Waals surface area contributed by atoms with Crippen LogP contribution in [0, 0.1) is 0 Å². The van der Waals surface area contributed by atoms with E-state index >= 15 is 9.59 Å². The van der Waals surface area contributed by atoms with Crippen LogP contribution in [-0.4, -0.2) is 4.57 Å². The highest BCUT2D eigenvalue weighted by Crippen LogP contribution is 2.48. The molecule has 7 aromatic carbocycles. The quantitative estimate of drug-likeness (QED) is 0.0950. The van der Waals surface area contributed by atoms with Gasteiger partial charge >= 0.3 is 18.5 Å². The summed E-state index contributed by atoms with van der Waals surface area (Å²) in [5.74, 6) is -0.333. The Bertz CT molecular complexity index is 3350. The Morgan fingerprint density at radius 3 is 1.33 bits per heavy atom. The molecule has 0 unspecified atom stereocenters. The predicted molar refractivity (Wildman–Crippen MR) is 231 cm³/mol. The fourth-order valence-corrected chi connectivity index (χ4v) is 8.71. The molecule has 64 heavy (non-hydrogen) atoms. The van der Waals surface area contributed by atoms with Gasteiger partial charge in [0.15, 0.2) is 0 Å². The summed E-state index contributed by atoms with van der Waals surface area (Å²) in [4.78, 5) is 30.5. The van der Waals surface area contributed by atoms with Gasteiger partial charge in [-0.05, 0) is 111 Å². The second-order valence-electron chi connectivity index (χ2n) is 16.5. The van der Waals surface area contributed by atoms with E-state index in [-0.39, 0.29) is 66.8 Å². The third-order valence-electron chi connectivity index (χ3n) is 11.8. The molecule has 9 aromatic rings. The molecule has 0 amide bonds. The van der Waals surface area contributed by atoms with Crippen molar-refractivity contribution < 1.29 is 43.9 Å². The van der Waals surface area contributed by atoms with Crippen LogP contribution in [0.1, 0.15) is 67.3 Å². The van der Waals surface area contributed by atoms with Gasteiger partial charge < -0.3 is 4.42 Å². The standard InChI is InChI=1S/C51H34F9NO3/c1-25(2)34-6-5-7-35(26(3)4)45(34)61-47(62)39-23-36(28-10-17-32(18-11-28)50(55,56)57)42-38-22-30(27-8-15-31(16-9-27)49(52,53)54)14-21-41(38)64-46-37(24-40(48(61)63)43(39)44(42)46)29-12-19-33(20-13-29)51(58,59)60/h5-26H,1-4H3. The molecular formula is C51H34F9NO3. The zero-order chi connectivity index (χ0) is 45.8. The number of hydrogen-bond donors (Lipinski definition) is 0. The third kappa shape index (κ3) is 6.97. The summed E-state index contributed by atoms with van der Waals surface area (Å²) in [5, 5.41) is 1.03. The Labute approximate surface area is 358 Å². The van der Waals surface area contributed by atoms with Crippen molar-refractivity contribution in [3.63, 3.8) is 0 Å². The number of para-hydroxylation sites is 1. The zero-order valence-electron chi connectivity index (χ0n) is 34.3. The Morgan fingerprint density at radius 1 is 0.453 bits per heavy atom. The van der Waals surface area contributed by atoms with Gasteiger partial charge in [-0.2, -0.15) is 39.5 Å². The van der Waals surface area contributed by atoms with Crippen LogP contribution >= 0.6 is 0 Å². The minimum Gasteiger partial charge on any atom is -0.455 e. The lowest BCUT2D eigenvalue weighted by Gasteiger charge is -2.23. The average molecular weight is 880 g/mol. The van der Waals surface area contributed by atoms with Gasteiger partial charge in [-0.25, -0.2) is 4.57 Å². The van der Waals surface area contributed by atoms with Crippen LogP contribution < -0.4 is 11.1 Å². The van der Waals surface area contributed by atoms with Crippen LogP contribution in [-0.2, 0) is 18.5 Å². The van der Waals surface area contributed by atoms with Crippen LogP contribution in [0.5, 0.6) is 0 Å². The maximum absolute atomic E-state index is 15.3. The Hall–Kier alpha value is -6.89. The first-order chi connectivity index (χ1) is 30.1. The molecule has 0 fully saturated rings. The molecule has 324 valence electrons. The minimum absolute atomic E-state index is 0.0164. The molecule has 0 aliphatic carbocycles. The summed E-state index contributed by atoms with van der Waals surface area (Å²) >= 11 is 0. The fraction of sp³-hybridized carbons (Fsp3) is 0.176. The summed E-state index contributed by atoms with van der Waals surface area (Å²) in [6.45, 7) is 7.67. The molecular weight excluding hydrogens is 846 g/mol. The maximum Gasteiger partial charge on any atom is 0.416 e. The van der Waals surface area contributed by atoms with E-state index in [9.17, 15) is 39.5 Å². The maximum atomic E-state index is 15.3. The second kappa shape index (κ2) is 14.9. The van der Waals surface area contributed by atoms with Gasteiger partial charge in [0.1, 0.15) is 11.2 Å². The summed E-state index contributed by atoms with van der Waals surface area (Å²) in [5.41, 5.74) is -0.425. The van der Waals surface area contributed by atoms with Crippen molar-refractivity contribution in [1.82, 2.24) is 4.57 Å². The molecule has 2 heterocycles. The largest absolute Gasteiger partial charge is 0.455 e. The smallest absolute Gasteiger partial charge is 0.416 e. The first kappa shape index (κ1) is 42.4. The molecule has 0 saturated carbocycles. The van der Waals surface area contributed by atoms with Crippen molar-refractivity contribution >= 4 is 43.5 Å². The summed E-state index contributed by atoms with van der Waals surface area (Å²) in [7, 11) is 0. The number of hydrogen-bond acceptors (Lipinski definition) is 3. The molecule has 0 aliphatic rings. The molecule has 2 aromatic heterocycles. The molecule has 9 rings (SSSR count). The number of alkyl halides is 9. The van der Waals surface area contributed by atoms with E-state index < -0.39 is 46.3 Å². The van der Waals surface area contributed by atoms with Crippen LogP contribution in [0.2, 0.25) is 0 Å². The summed E-state index contributed by atoms with van der Waals surface area (Å²) in [6.07, 6.45) is -14.0. The Morgan fingerprint density at radius 2 is 0.875 bits per heavy atom. The summed E-state index contributed by atoms with van der Waals surface area (Å²) in [6, 6.07) is 26.3. The molecule has 0 saturated heterocycles. The van der Waals surface area contributed by atoms with Crippen molar-refractivity contribution in [1.29, 1.82) is 0 Å². The third-order valence-corrected chi connectivity index (χ3v) is 11.8. The fourth-order valence-electron chi connectivity index (χ4n) is 8.71. The highest BCUT2D eigenvalue weighted by atomic mass is 19.4. The number of benzene rings is 7. The Balaban J connectivity index is 1.49. The molecule has 13 heteroatoms. The molecule has 0 spiro atoms. The van der Waals surface area contributed by atoms with E-state index in [1.165, 1.54) is 48.5 Å². The van der Waals surface area contributed by atoms with Crippen molar-refractivity contribution in [2.75, 3.05) is 0 Å². The first-order valence-electron chi connectivity index (χ1n) is 20.2. The van der Waals surface area contributed by atoms with E-state index in [2.05, 4.69) is 0 Å². The average Bonchev–Trinajstić information content (AvgIpc) is 3.25. The van der Waals surface area contributed by atoms with E-state index in [0.29, 0.717) is 38.7 Å². The highest BCUT2D eigenvalue weighted by Gasteiger charge is 2.33. The number of pyridine rings is 1. The van der Waals surface area contributed by atoms with Crippen molar-refractivity contribution in [2.45, 2.75) is 58.1 Å². The van der Waals surface area contributed by atoms with Crippen LogP contribution in [0.15, 0.2) is 135 Å². The van der Waals surface area contributed by atoms with Gasteiger partial charge in [0, 0.05) is 37.9 Å². The van der Waals surface area contributed by atoms with Crippen molar-refractivity contribution in [3.8, 4) is 39.1 Å². The molecule has 0 N–H and O–H groups in total. The van der Waals surface area contributed by atoms with Crippen molar-refractivity contribution in [2.24, 2.45) is 0 Å². The number of rotatable bonds is 6. The molecule has 4 nitrogen and oxygen atoms in total. The number of halogens is 9. The van der Waals surface area contributed by atoms with Crippen molar-refractivity contribution in [3.05, 3.63) is 170 Å². The van der Waals surface area contributed by atoms with Gasteiger partial charge in [-0.1, -0.05) is 88.4 Å². The van der Waals surface area contributed by atoms with Gasteiger partial charge in [0.2, 0.25) is 0 Å². The van der Waals surface area contributed by atoms with Gasteiger partial charge in [0.25, 0.3) is 11.1 Å². The topological polar surface area (TPSA) is 52.2 Å². The van der Waals surface area contributed by atoms with E-state index in [4.69, 9.17) is 4.42 Å². The number of fused-ring (bicyclic) bond motifs is 2. The van der Waals surface area contributed by atoms with Crippen LogP contribution in [0.25, 0.3) is 82.6 Å².